The molecule has 0 bridgehead atoms. The van der Waals surface area contributed by atoms with E-state index in [4.69, 9.17) is 10.3 Å². The Labute approximate surface area is 124 Å². The number of rotatable bonds is 4. The van der Waals surface area contributed by atoms with Gasteiger partial charge in [-0.3, -0.25) is 0 Å². The van der Waals surface area contributed by atoms with E-state index < -0.39 is 0 Å². The van der Waals surface area contributed by atoms with Crippen molar-refractivity contribution in [3.05, 3.63) is 48.4 Å². The van der Waals surface area contributed by atoms with E-state index in [9.17, 15) is 0 Å². The van der Waals surface area contributed by atoms with Crippen LogP contribution in [0.5, 0.6) is 0 Å². The molecule has 0 radical (unpaired) electrons. The fraction of sp³-hybridized carbons (Fsp3) is 0.294. The predicted molar refractivity (Wildman–Crippen MR) is 83.6 cm³/mol. The fourth-order valence-corrected chi connectivity index (χ4v) is 2.31. The highest BCUT2D eigenvalue weighted by Gasteiger charge is 2.20. The molecule has 2 atom stereocenters. The van der Waals surface area contributed by atoms with Gasteiger partial charge in [-0.25, -0.2) is 0 Å². The van der Waals surface area contributed by atoms with Gasteiger partial charge in [-0.05, 0) is 22.8 Å². The zero-order valence-electron chi connectivity index (χ0n) is 12.3. The summed E-state index contributed by atoms with van der Waals surface area (Å²) >= 11 is 0. The average Bonchev–Trinajstić information content (AvgIpc) is 3.02. The first-order valence-electron chi connectivity index (χ1n) is 7.27. The Bertz CT molecular complexity index is 750. The summed E-state index contributed by atoms with van der Waals surface area (Å²) in [6, 6.07) is 14.1. The first kappa shape index (κ1) is 13.8. The zero-order chi connectivity index (χ0) is 14.8. The highest BCUT2D eigenvalue weighted by molar-refractivity contribution is 5.86. The molecular formula is C17H19N3O. The number of benzene rings is 2. The second-order valence-electron chi connectivity index (χ2n) is 5.43. The third kappa shape index (κ3) is 2.67. The van der Waals surface area contributed by atoms with Crippen LogP contribution < -0.4 is 5.73 Å². The number of nitrogens with zero attached hydrogens (tertiary/aromatic N) is 2. The van der Waals surface area contributed by atoms with Crippen LogP contribution >= 0.6 is 0 Å². The van der Waals surface area contributed by atoms with Gasteiger partial charge >= 0.3 is 0 Å². The lowest BCUT2D eigenvalue weighted by molar-refractivity contribution is 0.312. The van der Waals surface area contributed by atoms with Crippen LogP contribution in [0.2, 0.25) is 0 Å². The fourth-order valence-electron chi connectivity index (χ4n) is 2.31. The van der Waals surface area contributed by atoms with Gasteiger partial charge in [0.25, 0.3) is 0 Å². The minimum Gasteiger partial charge on any atom is -0.337 e. The Hall–Kier alpha value is -2.20. The SMILES string of the molecule is CCC(C)C(N)c1nc(-c2ccc3ccccc3c2)no1. The number of hydrogen-bond acceptors (Lipinski definition) is 4. The van der Waals surface area contributed by atoms with Crippen LogP contribution in [-0.4, -0.2) is 10.1 Å². The molecule has 0 amide bonds. The van der Waals surface area contributed by atoms with Gasteiger partial charge in [0.05, 0.1) is 6.04 Å². The third-order valence-electron chi connectivity index (χ3n) is 3.99. The molecule has 108 valence electrons. The molecule has 3 aromatic rings. The first-order valence-corrected chi connectivity index (χ1v) is 7.27. The van der Waals surface area contributed by atoms with Gasteiger partial charge in [0.15, 0.2) is 0 Å². The topological polar surface area (TPSA) is 64.9 Å². The van der Waals surface area contributed by atoms with Crippen LogP contribution in [0, 0.1) is 5.92 Å². The lowest BCUT2D eigenvalue weighted by atomic mass is 10.0. The molecule has 2 N–H and O–H groups in total. The lowest BCUT2D eigenvalue weighted by Crippen LogP contribution is -2.18. The molecule has 0 aliphatic rings. The smallest absolute Gasteiger partial charge is 0.244 e. The Morgan fingerprint density at radius 3 is 2.67 bits per heavy atom. The van der Waals surface area contributed by atoms with Gasteiger partial charge in [0.2, 0.25) is 11.7 Å². The summed E-state index contributed by atoms with van der Waals surface area (Å²) in [6.07, 6.45) is 0.981. The third-order valence-corrected chi connectivity index (χ3v) is 3.99. The minimum absolute atomic E-state index is 0.211. The molecule has 2 aromatic carbocycles. The van der Waals surface area contributed by atoms with Gasteiger partial charge < -0.3 is 10.3 Å². The standard InChI is InChI=1S/C17H19N3O/c1-3-11(2)15(18)17-19-16(20-21-17)14-9-8-12-6-4-5-7-13(12)10-14/h4-11,15H,3,18H2,1-2H3. The molecule has 0 spiro atoms. The molecule has 0 aliphatic carbocycles. The number of fused-ring (bicyclic) bond motifs is 1. The molecule has 4 nitrogen and oxygen atoms in total. The Kier molecular flexibility index (Phi) is 3.71. The Morgan fingerprint density at radius 2 is 1.90 bits per heavy atom. The summed E-state index contributed by atoms with van der Waals surface area (Å²) in [4.78, 5) is 4.45. The number of nitrogens with two attached hydrogens (primary N) is 1. The van der Waals surface area contributed by atoms with E-state index in [1.54, 1.807) is 0 Å². The van der Waals surface area contributed by atoms with Crippen LogP contribution in [0.25, 0.3) is 22.2 Å². The summed E-state index contributed by atoms with van der Waals surface area (Å²) < 4.78 is 5.33. The van der Waals surface area contributed by atoms with Crippen molar-refractivity contribution in [2.45, 2.75) is 26.3 Å². The van der Waals surface area contributed by atoms with Crippen LogP contribution in [0.3, 0.4) is 0 Å². The molecule has 0 aliphatic heterocycles. The maximum absolute atomic E-state index is 6.13. The number of hydrogen-bond donors (Lipinski definition) is 1. The number of aromatic nitrogens is 2. The molecule has 1 heterocycles. The van der Waals surface area contributed by atoms with Gasteiger partial charge in [-0.15, -0.1) is 0 Å². The molecule has 4 heteroatoms. The maximum Gasteiger partial charge on any atom is 0.244 e. The van der Waals surface area contributed by atoms with Crippen molar-refractivity contribution in [2.75, 3.05) is 0 Å². The second kappa shape index (κ2) is 5.66. The van der Waals surface area contributed by atoms with E-state index in [-0.39, 0.29) is 6.04 Å². The van der Waals surface area contributed by atoms with Crippen LogP contribution in [0.1, 0.15) is 32.2 Å². The van der Waals surface area contributed by atoms with E-state index in [0.29, 0.717) is 17.6 Å². The van der Waals surface area contributed by atoms with Crippen LogP contribution in [0.4, 0.5) is 0 Å². The van der Waals surface area contributed by atoms with E-state index >= 15 is 0 Å². The molecular weight excluding hydrogens is 262 g/mol. The van der Waals surface area contributed by atoms with Crippen molar-refractivity contribution >= 4 is 10.8 Å². The average molecular weight is 281 g/mol. The Balaban J connectivity index is 1.94. The molecule has 0 saturated carbocycles. The first-order chi connectivity index (χ1) is 10.2. The van der Waals surface area contributed by atoms with Crippen molar-refractivity contribution in [1.82, 2.24) is 10.1 Å². The van der Waals surface area contributed by atoms with Crippen LogP contribution in [0.15, 0.2) is 47.0 Å². The largest absolute Gasteiger partial charge is 0.337 e. The highest BCUT2D eigenvalue weighted by atomic mass is 16.5. The predicted octanol–water partition coefficient (Wildman–Crippen LogP) is 3.94. The van der Waals surface area contributed by atoms with E-state index in [1.807, 2.05) is 18.2 Å². The van der Waals surface area contributed by atoms with Crippen molar-refractivity contribution in [2.24, 2.45) is 11.7 Å². The normalized spacial score (nSPS) is 14.2. The van der Waals surface area contributed by atoms with Crippen molar-refractivity contribution in [1.29, 1.82) is 0 Å². The molecule has 3 rings (SSSR count). The van der Waals surface area contributed by atoms with Gasteiger partial charge in [-0.2, -0.15) is 4.98 Å². The summed E-state index contributed by atoms with van der Waals surface area (Å²) in [6.45, 7) is 4.19. The molecule has 0 fully saturated rings. The summed E-state index contributed by atoms with van der Waals surface area (Å²) in [5, 5.41) is 6.42. The molecule has 0 saturated heterocycles. The summed E-state index contributed by atoms with van der Waals surface area (Å²) in [5.41, 5.74) is 7.08. The van der Waals surface area contributed by atoms with E-state index in [2.05, 4.69) is 48.3 Å². The summed E-state index contributed by atoms with van der Waals surface area (Å²) in [7, 11) is 0. The highest BCUT2D eigenvalue weighted by Crippen LogP contribution is 2.25. The van der Waals surface area contributed by atoms with Gasteiger partial charge in [0, 0.05) is 5.56 Å². The van der Waals surface area contributed by atoms with Gasteiger partial charge in [0.1, 0.15) is 0 Å². The maximum atomic E-state index is 6.13. The van der Waals surface area contributed by atoms with E-state index in [0.717, 1.165) is 17.4 Å². The van der Waals surface area contributed by atoms with Crippen LogP contribution in [-0.2, 0) is 0 Å². The lowest BCUT2D eigenvalue weighted by Gasteiger charge is -2.12. The quantitative estimate of drug-likeness (QED) is 0.786. The van der Waals surface area contributed by atoms with Gasteiger partial charge in [-0.1, -0.05) is 61.8 Å². The molecule has 21 heavy (non-hydrogen) atoms. The van der Waals surface area contributed by atoms with E-state index in [1.165, 1.54) is 5.39 Å². The molecule has 1 aromatic heterocycles. The summed E-state index contributed by atoms with van der Waals surface area (Å²) in [5.74, 6) is 1.41. The second-order valence-corrected chi connectivity index (χ2v) is 5.43. The minimum atomic E-state index is -0.211. The van der Waals surface area contributed by atoms with Crippen molar-refractivity contribution in [3.63, 3.8) is 0 Å². The van der Waals surface area contributed by atoms with Crippen molar-refractivity contribution < 1.29 is 4.52 Å². The van der Waals surface area contributed by atoms with Crippen molar-refractivity contribution in [3.8, 4) is 11.4 Å². The zero-order valence-corrected chi connectivity index (χ0v) is 12.3. The Morgan fingerprint density at radius 1 is 1.14 bits per heavy atom. The monoisotopic (exact) mass is 281 g/mol. The molecule has 2 unspecified atom stereocenters.